The van der Waals surface area contributed by atoms with Crippen molar-refractivity contribution in [2.45, 2.75) is 39.0 Å². The van der Waals surface area contributed by atoms with Gasteiger partial charge < -0.3 is 9.47 Å². The normalized spacial score (nSPS) is 14.9. The fraction of sp³-hybridized carbons (Fsp3) is 0.304. The zero-order chi connectivity index (χ0) is 19.8. The Morgan fingerprint density at radius 1 is 1.04 bits per heavy atom. The van der Waals surface area contributed by atoms with E-state index in [0.717, 1.165) is 24.3 Å². The van der Waals surface area contributed by atoms with Gasteiger partial charge in [-0.25, -0.2) is 9.79 Å². The molecule has 1 aliphatic rings. The Morgan fingerprint density at radius 2 is 1.79 bits per heavy atom. The number of carbonyl (C=O) groups is 1. The van der Waals surface area contributed by atoms with Crippen LogP contribution in [0.25, 0.3) is 6.08 Å². The predicted octanol–water partition coefficient (Wildman–Crippen LogP) is 6.03. The van der Waals surface area contributed by atoms with Crippen LogP contribution in [0.4, 0.5) is 0 Å². The van der Waals surface area contributed by atoms with Crippen molar-refractivity contribution in [3.63, 3.8) is 0 Å². The molecular weight excluding hydrogens is 374 g/mol. The molecule has 0 fully saturated rings. The number of cyclic esters (lactones) is 1. The van der Waals surface area contributed by atoms with Crippen molar-refractivity contribution in [2.24, 2.45) is 4.99 Å². The number of benzene rings is 2. The van der Waals surface area contributed by atoms with Crippen LogP contribution in [0.15, 0.2) is 59.2 Å². The maximum absolute atomic E-state index is 12.1. The molecule has 1 aliphatic heterocycles. The van der Waals surface area contributed by atoms with Gasteiger partial charge in [-0.1, -0.05) is 68.5 Å². The second-order valence-corrected chi connectivity index (χ2v) is 7.05. The molecule has 0 bridgehead atoms. The molecule has 5 heteroatoms. The molecule has 0 amide bonds. The van der Waals surface area contributed by atoms with Crippen LogP contribution in [0.3, 0.4) is 0 Å². The highest BCUT2D eigenvalue weighted by Crippen LogP contribution is 2.24. The van der Waals surface area contributed by atoms with Crippen molar-refractivity contribution in [1.29, 1.82) is 0 Å². The number of nitrogens with zero attached hydrogens (tertiary/aromatic N) is 1. The number of hydrogen-bond acceptors (Lipinski definition) is 4. The van der Waals surface area contributed by atoms with Crippen LogP contribution in [0.2, 0.25) is 5.02 Å². The van der Waals surface area contributed by atoms with Crippen molar-refractivity contribution in [2.75, 3.05) is 6.61 Å². The fourth-order valence-electron chi connectivity index (χ4n) is 2.87. The summed E-state index contributed by atoms with van der Waals surface area (Å²) >= 11 is 6.15. The van der Waals surface area contributed by atoms with Crippen LogP contribution in [0.5, 0.6) is 5.75 Å². The van der Waals surface area contributed by atoms with E-state index >= 15 is 0 Å². The summed E-state index contributed by atoms with van der Waals surface area (Å²) in [5.41, 5.74) is 1.70. The Hall–Kier alpha value is -2.59. The average molecular weight is 398 g/mol. The van der Waals surface area contributed by atoms with E-state index in [0.29, 0.717) is 10.6 Å². The van der Waals surface area contributed by atoms with Crippen molar-refractivity contribution < 1.29 is 14.3 Å². The smallest absolute Gasteiger partial charge is 0.363 e. The molecular formula is C23H24ClNO3. The first-order valence-corrected chi connectivity index (χ1v) is 10.1. The van der Waals surface area contributed by atoms with E-state index < -0.39 is 5.97 Å². The molecule has 0 saturated heterocycles. The number of ether oxygens (including phenoxy) is 2. The first kappa shape index (κ1) is 20.2. The summed E-state index contributed by atoms with van der Waals surface area (Å²) in [6.07, 6.45) is 7.75. The van der Waals surface area contributed by atoms with Gasteiger partial charge in [0.05, 0.1) is 17.2 Å². The van der Waals surface area contributed by atoms with Gasteiger partial charge in [0.2, 0.25) is 5.90 Å². The van der Waals surface area contributed by atoms with Crippen molar-refractivity contribution in [3.8, 4) is 5.75 Å². The molecule has 0 atom stereocenters. The monoisotopic (exact) mass is 397 g/mol. The number of rotatable bonds is 9. The molecule has 0 radical (unpaired) electrons. The van der Waals surface area contributed by atoms with E-state index in [4.69, 9.17) is 21.1 Å². The molecule has 0 saturated carbocycles. The summed E-state index contributed by atoms with van der Waals surface area (Å²) in [7, 11) is 0. The van der Waals surface area contributed by atoms with Crippen molar-refractivity contribution in [1.82, 2.24) is 0 Å². The van der Waals surface area contributed by atoms with Crippen LogP contribution in [-0.4, -0.2) is 18.5 Å². The first-order chi connectivity index (χ1) is 13.7. The van der Waals surface area contributed by atoms with E-state index in [1.54, 1.807) is 18.2 Å². The molecule has 3 rings (SSSR count). The second kappa shape index (κ2) is 10.1. The second-order valence-electron chi connectivity index (χ2n) is 6.65. The molecule has 2 aromatic rings. The van der Waals surface area contributed by atoms with Crippen LogP contribution in [0.1, 0.15) is 50.2 Å². The molecule has 0 aromatic heterocycles. The zero-order valence-electron chi connectivity index (χ0n) is 16.0. The predicted molar refractivity (Wildman–Crippen MR) is 113 cm³/mol. The van der Waals surface area contributed by atoms with E-state index in [2.05, 4.69) is 11.9 Å². The summed E-state index contributed by atoms with van der Waals surface area (Å²) in [5.74, 6) is 0.569. The van der Waals surface area contributed by atoms with E-state index in [-0.39, 0.29) is 11.6 Å². The maximum Gasteiger partial charge on any atom is 0.363 e. The molecule has 1 heterocycles. The van der Waals surface area contributed by atoms with Crippen molar-refractivity contribution in [3.05, 3.63) is 70.4 Å². The largest absolute Gasteiger partial charge is 0.494 e. The number of aliphatic imine (C=N–C) groups is 1. The summed E-state index contributed by atoms with van der Waals surface area (Å²) in [4.78, 5) is 16.4. The summed E-state index contributed by atoms with van der Waals surface area (Å²) in [6, 6.07) is 14.7. The van der Waals surface area contributed by atoms with Crippen molar-refractivity contribution >= 4 is 29.5 Å². The van der Waals surface area contributed by atoms with Gasteiger partial charge in [-0.3, -0.25) is 0 Å². The highest BCUT2D eigenvalue weighted by molar-refractivity contribution is 6.34. The minimum atomic E-state index is -0.484. The third-order valence-electron chi connectivity index (χ3n) is 4.42. The Labute approximate surface area is 170 Å². The molecule has 0 N–H and O–H groups in total. The van der Waals surface area contributed by atoms with Gasteiger partial charge in [0.1, 0.15) is 5.75 Å². The summed E-state index contributed by atoms with van der Waals surface area (Å²) in [5, 5.41) is 0.492. The highest BCUT2D eigenvalue weighted by atomic mass is 35.5. The number of hydrogen-bond donors (Lipinski definition) is 0. The van der Waals surface area contributed by atoms with E-state index in [1.165, 1.54) is 25.7 Å². The van der Waals surface area contributed by atoms with Gasteiger partial charge in [0.25, 0.3) is 0 Å². The lowest BCUT2D eigenvalue weighted by Crippen LogP contribution is -2.05. The first-order valence-electron chi connectivity index (χ1n) is 9.67. The minimum absolute atomic E-state index is 0.227. The minimum Gasteiger partial charge on any atom is -0.494 e. The van der Waals surface area contributed by atoms with Gasteiger partial charge in [-0.05, 0) is 42.3 Å². The molecule has 0 spiro atoms. The Balaban J connectivity index is 1.60. The van der Waals surface area contributed by atoms with Gasteiger partial charge >= 0.3 is 5.97 Å². The topological polar surface area (TPSA) is 47.9 Å². The maximum atomic E-state index is 12.1. The van der Waals surface area contributed by atoms with Gasteiger partial charge in [-0.15, -0.1) is 0 Å². The van der Waals surface area contributed by atoms with E-state index in [1.807, 2.05) is 36.4 Å². The zero-order valence-corrected chi connectivity index (χ0v) is 16.7. The fourth-order valence-corrected chi connectivity index (χ4v) is 3.09. The third-order valence-corrected chi connectivity index (χ3v) is 4.75. The van der Waals surface area contributed by atoms with Gasteiger partial charge in [0, 0.05) is 0 Å². The molecule has 4 nitrogen and oxygen atoms in total. The number of esters is 1. The quantitative estimate of drug-likeness (QED) is 0.294. The summed E-state index contributed by atoms with van der Waals surface area (Å²) < 4.78 is 11.0. The number of unbranched alkanes of at least 4 members (excludes halogenated alkanes) is 4. The lowest BCUT2D eigenvalue weighted by Gasteiger charge is -2.06. The number of halogens is 1. The summed E-state index contributed by atoms with van der Waals surface area (Å²) in [6.45, 7) is 2.93. The van der Waals surface area contributed by atoms with Crippen LogP contribution >= 0.6 is 11.6 Å². The SMILES string of the molecule is CCCCCCCOc1ccc(/C=C2\N=C(c3ccccc3Cl)OC2=O)cc1. The number of carbonyl (C=O) groups excluding carboxylic acids is 1. The molecule has 28 heavy (non-hydrogen) atoms. The third kappa shape index (κ3) is 5.46. The molecule has 0 aliphatic carbocycles. The van der Waals surface area contributed by atoms with E-state index in [9.17, 15) is 4.79 Å². The van der Waals surface area contributed by atoms with Gasteiger partial charge in [-0.2, -0.15) is 0 Å². The Bertz CT molecular complexity index is 872. The highest BCUT2D eigenvalue weighted by Gasteiger charge is 2.25. The Morgan fingerprint density at radius 3 is 2.54 bits per heavy atom. The standard InChI is InChI=1S/C23H24ClNO3/c1-2-3-4-5-8-15-27-18-13-11-17(12-14-18)16-21-23(26)28-22(25-21)19-9-6-7-10-20(19)24/h6-7,9-14,16H,2-5,8,15H2,1H3/b21-16-. The van der Waals surface area contributed by atoms with Crippen LogP contribution in [0, 0.1) is 0 Å². The molecule has 2 aromatic carbocycles. The van der Waals surface area contributed by atoms with Crippen LogP contribution in [-0.2, 0) is 9.53 Å². The molecule has 0 unspecified atom stereocenters. The molecule has 146 valence electrons. The Kier molecular flexibility index (Phi) is 7.26. The van der Waals surface area contributed by atoms with Crippen LogP contribution < -0.4 is 4.74 Å². The lowest BCUT2D eigenvalue weighted by molar-refractivity contribution is -0.129. The average Bonchev–Trinajstić information content (AvgIpc) is 3.06. The van der Waals surface area contributed by atoms with Gasteiger partial charge in [0.15, 0.2) is 5.70 Å². The lowest BCUT2D eigenvalue weighted by atomic mass is 10.1.